The van der Waals surface area contributed by atoms with Crippen LogP contribution >= 0.6 is 15.9 Å². The molecular weight excluding hydrogens is 334 g/mol. The third-order valence-electron chi connectivity index (χ3n) is 2.99. The van der Waals surface area contributed by atoms with Gasteiger partial charge in [-0.2, -0.15) is 0 Å². The van der Waals surface area contributed by atoms with Crippen molar-refractivity contribution in [3.05, 3.63) is 64.1 Å². The molecule has 0 bridgehead atoms. The predicted molar refractivity (Wildman–Crippen MR) is 84.5 cm³/mol. The number of carbonyl (C=O) groups excluding carboxylic acids is 1. The predicted octanol–water partition coefficient (Wildman–Crippen LogP) is 3.72. The molecule has 0 aliphatic rings. The number of halogens is 1. The van der Waals surface area contributed by atoms with Gasteiger partial charge in [-0.3, -0.25) is 4.79 Å². The number of carbonyl (C=O) groups is 2. The summed E-state index contributed by atoms with van der Waals surface area (Å²) in [5.74, 6) is -1.26. The fraction of sp³-hybridized carbons (Fsp3) is 0.125. The van der Waals surface area contributed by atoms with Crippen molar-refractivity contribution in [1.29, 1.82) is 0 Å². The smallest absolute Gasteiger partial charge is 0.337 e. The van der Waals surface area contributed by atoms with E-state index in [-0.39, 0.29) is 11.5 Å². The summed E-state index contributed by atoms with van der Waals surface area (Å²) in [4.78, 5) is 23.0. The summed E-state index contributed by atoms with van der Waals surface area (Å²) in [6.07, 6.45) is 0.907. The number of hydrogen-bond donors (Lipinski definition) is 2. The zero-order valence-corrected chi connectivity index (χ0v) is 12.8. The van der Waals surface area contributed by atoms with E-state index in [1.165, 1.54) is 6.07 Å². The third kappa shape index (κ3) is 4.43. The van der Waals surface area contributed by atoms with E-state index in [0.717, 1.165) is 10.0 Å². The number of para-hydroxylation sites is 1. The minimum atomic E-state index is -1.06. The highest BCUT2D eigenvalue weighted by Gasteiger charge is 2.11. The molecule has 0 aliphatic carbocycles. The molecule has 2 aromatic rings. The Morgan fingerprint density at radius 1 is 1.05 bits per heavy atom. The number of hydrogen-bond acceptors (Lipinski definition) is 2. The second-order valence-electron chi connectivity index (χ2n) is 4.53. The maximum absolute atomic E-state index is 11.9. The van der Waals surface area contributed by atoms with Crippen LogP contribution in [0.15, 0.2) is 53.0 Å². The Kier molecular flexibility index (Phi) is 5.11. The van der Waals surface area contributed by atoms with E-state index < -0.39 is 5.97 Å². The van der Waals surface area contributed by atoms with Gasteiger partial charge in [0.15, 0.2) is 0 Å². The summed E-state index contributed by atoms with van der Waals surface area (Å²) in [5.41, 5.74) is 1.47. The largest absolute Gasteiger partial charge is 0.478 e. The Balaban J connectivity index is 1.96. The normalized spacial score (nSPS) is 10.1. The molecule has 5 heteroatoms. The monoisotopic (exact) mass is 347 g/mol. The molecule has 0 fully saturated rings. The van der Waals surface area contributed by atoms with Gasteiger partial charge in [-0.05, 0) is 36.2 Å². The fourth-order valence-electron chi connectivity index (χ4n) is 1.90. The first kappa shape index (κ1) is 15.3. The molecular formula is C16H14BrNO3. The van der Waals surface area contributed by atoms with E-state index in [1.54, 1.807) is 18.2 Å². The van der Waals surface area contributed by atoms with Crippen molar-refractivity contribution in [1.82, 2.24) is 0 Å². The Labute approximate surface area is 130 Å². The first-order valence-corrected chi connectivity index (χ1v) is 7.22. The van der Waals surface area contributed by atoms with E-state index >= 15 is 0 Å². The number of carboxylic acids is 1. The number of nitrogens with one attached hydrogen (secondary N) is 1. The molecule has 0 aromatic heterocycles. The minimum absolute atomic E-state index is 0.0921. The van der Waals surface area contributed by atoms with Gasteiger partial charge in [0.25, 0.3) is 0 Å². The summed E-state index contributed by atoms with van der Waals surface area (Å²) < 4.78 is 0.992. The Morgan fingerprint density at radius 2 is 1.71 bits per heavy atom. The van der Waals surface area contributed by atoms with Crippen LogP contribution in [0.4, 0.5) is 5.69 Å². The van der Waals surface area contributed by atoms with Crippen molar-refractivity contribution < 1.29 is 14.7 Å². The van der Waals surface area contributed by atoms with Gasteiger partial charge >= 0.3 is 5.97 Å². The molecule has 0 saturated heterocycles. The van der Waals surface area contributed by atoms with Gasteiger partial charge in [-0.25, -0.2) is 4.79 Å². The lowest BCUT2D eigenvalue weighted by Crippen LogP contribution is -2.15. The van der Waals surface area contributed by atoms with Gasteiger partial charge < -0.3 is 10.4 Å². The molecule has 4 nitrogen and oxygen atoms in total. The standard InChI is InChI=1S/C16H14BrNO3/c17-12-8-5-11(6-9-12)7-10-15(19)18-14-4-2-1-3-13(14)16(20)21/h1-6,8-9H,7,10H2,(H,18,19)(H,20,21). The summed E-state index contributed by atoms with van der Waals surface area (Å²) >= 11 is 3.36. The number of rotatable bonds is 5. The second-order valence-corrected chi connectivity index (χ2v) is 5.44. The lowest BCUT2D eigenvalue weighted by Gasteiger charge is -2.08. The molecule has 0 saturated carbocycles. The maximum atomic E-state index is 11.9. The maximum Gasteiger partial charge on any atom is 0.337 e. The third-order valence-corrected chi connectivity index (χ3v) is 3.51. The Bertz CT molecular complexity index is 653. The molecule has 0 radical (unpaired) electrons. The van der Waals surface area contributed by atoms with Crippen molar-refractivity contribution in [3.8, 4) is 0 Å². The second kappa shape index (κ2) is 7.04. The van der Waals surface area contributed by atoms with Gasteiger partial charge in [0.2, 0.25) is 5.91 Å². The van der Waals surface area contributed by atoms with Gasteiger partial charge in [-0.15, -0.1) is 0 Å². The molecule has 21 heavy (non-hydrogen) atoms. The minimum Gasteiger partial charge on any atom is -0.478 e. The van der Waals surface area contributed by atoms with Crippen LogP contribution in [0, 0.1) is 0 Å². The summed E-state index contributed by atoms with van der Waals surface area (Å²) in [6, 6.07) is 14.1. The van der Waals surface area contributed by atoms with E-state index in [4.69, 9.17) is 5.11 Å². The van der Waals surface area contributed by atoms with Crippen LogP contribution in [0.2, 0.25) is 0 Å². The first-order chi connectivity index (χ1) is 10.1. The fourth-order valence-corrected chi connectivity index (χ4v) is 2.16. The molecule has 0 atom stereocenters. The quantitative estimate of drug-likeness (QED) is 0.866. The van der Waals surface area contributed by atoms with E-state index in [2.05, 4.69) is 21.2 Å². The van der Waals surface area contributed by atoms with Crippen molar-refractivity contribution in [2.24, 2.45) is 0 Å². The van der Waals surface area contributed by atoms with Crippen LogP contribution in [0.5, 0.6) is 0 Å². The first-order valence-electron chi connectivity index (χ1n) is 6.43. The average molecular weight is 348 g/mol. The number of aryl methyl sites for hydroxylation is 1. The average Bonchev–Trinajstić information content (AvgIpc) is 2.47. The summed E-state index contributed by atoms with van der Waals surface area (Å²) in [7, 11) is 0. The molecule has 0 unspecified atom stereocenters. The van der Waals surface area contributed by atoms with Crippen LogP contribution in [0.25, 0.3) is 0 Å². The SMILES string of the molecule is O=C(CCc1ccc(Br)cc1)Nc1ccccc1C(=O)O. The Hall–Kier alpha value is -2.14. The number of amides is 1. The molecule has 1 amide bonds. The molecule has 0 aliphatic heterocycles. The molecule has 0 heterocycles. The number of aromatic carboxylic acids is 1. The summed E-state index contributed by atoms with van der Waals surface area (Å²) in [5, 5.41) is 11.7. The topological polar surface area (TPSA) is 66.4 Å². The Morgan fingerprint density at radius 3 is 2.38 bits per heavy atom. The van der Waals surface area contributed by atoms with Crippen molar-refractivity contribution in [2.75, 3.05) is 5.32 Å². The van der Waals surface area contributed by atoms with Crippen molar-refractivity contribution in [3.63, 3.8) is 0 Å². The van der Waals surface area contributed by atoms with E-state index in [1.807, 2.05) is 24.3 Å². The van der Waals surface area contributed by atoms with Crippen LogP contribution in [-0.2, 0) is 11.2 Å². The summed E-state index contributed by atoms with van der Waals surface area (Å²) in [6.45, 7) is 0. The molecule has 2 rings (SSSR count). The molecule has 2 N–H and O–H groups in total. The zero-order chi connectivity index (χ0) is 15.2. The van der Waals surface area contributed by atoms with Crippen LogP contribution in [0.3, 0.4) is 0 Å². The van der Waals surface area contributed by atoms with E-state index in [0.29, 0.717) is 18.5 Å². The van der Waals surface area contributed by atoms with Gasteiger partial charge in [0.05, 0.1) is 11.3 Å². The lowest BCUT2D eigenvalue weighted by atomic mass is 10.1. The van der Waals surface area contributed by atoms with Crippen LogP contribution in [-0.4, -0.2) is 17.0 Å². The highest BCUT2D eigenvalue weighted by atomic mass is 79.9. The van der Waals surface area contributed by atoms with Gasteiger partial charge in [0, 0.05) is 10.9 Å². The van der Waals surface area contributed by atoms with Crippen molar-refractivity contribution in [2.45, 2.75) is 12.8 Å². The zero-order valence-electron chi connectivity index (χ0n) is 11.2. The van der Waals surface area contributed by atoms with Gasteiger partial charge in [-0.1, -0.05) is 40.2 Å². The number of benzene rings is 2. The highest BCUT2D eigenvalue weighted by molar-refractivity contribution is 9.10. The van der Waals surface area contributed by atoms with Crippen LogP contribution in [0.1, 0.15) is 22.3 Å². The van der Waals surface area contributed by atoms with Crippen molar-refractivity contribution >= 4 is 33.5 Å². The number of anilines is 1. The van der Waals surface area contributed by atoms with Crippen LogP contribution < -0.4 is 5.32 Å². The molecule has 108 valence electrons. The molecule has 0 spiro atoms. The number of carboxylic acid groups (broad SMARTS) is 1. The van der Waals surface area contributed by atoms with Gasteiger partial charge in [0.1, 0.15) is 0 Å². The van der Waals surface area contributed by atoms with E-state index in [9.17, 15) is 9.59 Å². The molecule has 2 aromatic carbocycles. The highest BCUT2D eigenvalue weighted by Crippen LogP contribution is 2.16. The lowest BCUT2D eigenvalue weighted by molar-refractivity contribution is -0.116.